The van der Waals surface area contributed by atoms with Gasteiger partial charge in [0.25, 0.3) is 5.91 Å². The molecule has 1 fully saturated rings. The molecule has 0 aromatic carbocycles. The van der Waals surface area contributed by atoms with E-state index < -0.39 is 11.5 Å². The number of hydrogen-bond acceptors (Lipinski definition) is 4. The van der Waals surface area contributed by atoms with E-state index in [1.54, 1.807) is 5.38 Å². The number of nitrogens with one attached hydrogen (secondary N) is 1. The fourth-order valence-electron chi connectivity index (χ4n) is 1.91. The molecule has 1 saturated carbocycles. The lowest BCUT2D eigenvalue weighted by Gasteiger charge is -2.35. The third kappa shape index (κ3) is 3.23. The van der Waals surface area contributed by atoms with E-state index >= 15 is 0 Å². The molecule has 2 N–H and O–H groups in total. The van der Waals surface area contributed by atoms with Crippen LogP contribution in [0.5, 0.6) is 0 Å². The molecule has 2 rings (SSSR count). The van der Waals surface area contributed by atoms with Gasteiger partial charge in [0.2, 0.25) is 5.92 Å². The maximum absolute atomic E-state index is 13.0. The fraction of sp³-hybridized carbons (Fsp3) is 0.636. The molecule has 1 aliphatic carbocycles. The van der Waals surface area contributed by atoms with Gasteiger partial charge < -0.3 is 10.4 Å². The van der Waals surface area contributed by atoms with Gasteiger partial charge in [0.15, 0.2) is 5.01 Å². The molecule has 1 amide bonds. The van der Waals surface area contributed by atoms with Crippen LogP contribution < -0.4 is 5.32 Å². The van der Waals surface area contributed by atoms with Gasteiger partial charge in [-0.05, 0) is 12.8 Å². The highest BCUT2D eigenvalue weighted by Gasteiger charge is 2.42. The van der Waals surface area contributed by atoms with Crippen molar-refractivity contribution in [1.82, 2.24) is 10.3 Å². The molecular formula is C11H14F2N2O2S. The first-order valence-electron chi connectivity index (χ1n) is 5.68. The molecule has 0 spiro atoms. The van der Waals surface area contributed by atoms with Crippen LogP contribution in [0.15, 0.2) is 11.6 Å². The van der Waals surface area contributed by atoms with Crippen LogP contribution in [0.4, 0.5) is 8.78 Å². The summed E-state index contributed by atoms with van der Waals surface area (Å²) in [5.74, 6) is -3.07. The van der Waals surface area contributed by atoms with Gasteiger partial charge in [0.1, 0.15) is 0 Å². The Morgan fingerprint density at radius 2 is 2.11 bits per heavy atom. The molecule has 1 aliphatic rings. The SMILES string of the molecule is O=C(NCC1(O)CCC(F)(F)CC1)c1nccs1. The molecule has 0 atom stereocenters. The Hall–Kier alpha value is -1.08. The number of alkyl halides is 2. The van der Waals surface area contributed by atoms with Crippen molar-refractivity contribution in [3.8, 4) is 0 Å². The van der Waals surface area contributed by atoms with Crippen molar-refractivity contribution in [3.63, 3.8) is 0 Å². The van der Waals surface area contributed by atoms with E-state index in [0.29, 0.717) is 5.01 Å². The summed E-state index contributed by atoms with van der Waals surface area (Å²) in [6.07, 6.45) is 0.832. The molecule has 100 valence electrons. The molecule has 1 aromatic rings. The number of aromatic nitrogens is 1. The van der Waals surface area contributed by atoms with Crippen LogP contribution in [0.3, 0.4) is 0 Å². The summed E-state index contributed by atoms with van der Waals surface area (Å²) in [5, 5.41) is 14.6. The summed E-state index contributed by atoms with van der Waals surface area (Å²) >= 11 is 1.19. The third-order valence-corrected chi connectivity index (χ3v) is 3.89. The quantitative estimate of drug-likeness (QED) is 0.885. The maximum atomic E-state index is 13.0. The molecule has 0 saturated heterocycles. The average Bonchev–Trinajstić information content (AvgIpc) is 2.85. The van der Waals surface area contributed by atoms with Crippen molar-refractivity contribution in [2.24, 2.45) is 0 Å². The molecular weight excluding hydrogens is 262 g/mol. The molecule has 4 nitrogen and oxygen atoms in total. The first-order chi connectivity index (χ1) is 8.40. The topological polar surface area (TPSA) is 62.2 Å². The summed E-state index contributed by atoms with van der Waals surface area (Å²) in [6.45, 7) is -0.0124. The second kappa shape index (κ2) is 4.89. The van der Waals surface area contributed by atoms with E-state index in [0.717, 1.165) is 0 Å². The predicted octanol–water partition coefficient (Wildman–Crippen LogP) is 1.81. The molecule has 1 aromatic heterocycles. The lowest BCUT2D eigenvalue weighted by atomic mass is 9.83. The lowest BCUT2D eigenvalue weighted by molar-refractivity contribution is -0.101. The second-order valence-corrected chi connectivity index (χ2v) is 5.49. The average molecular weight is 276 g/mol. The van der Waals surface area contributed by atoms with Crippen molar-refractivity contribution in [1.29, 1.82) is 0 Å². The minimum atomic E-state index is -2.69. The smallest absolute Gasteiger partial charge is 0.280 e. The van der Waals surface area contributed by atoms with Crippen LogP contribution in [0, 0.1) is 0 Å². The van der Waals surface area contributed by atoms with E-state index in [4.69, 9.17) is 0 Å². The number of rotatable bonds is 3. The van der Waals surface area contributed by atoms with Crippen LogP contribution in [0.1, 0.15) is 35.5 Å². The summed E-state index contributed by atoms with van der Waals surface area (Å²) in [7, 11) is 0. The van der Waals surface area contributed by atoms with Gasteiger partial charge in [0.05, 0.1) is 5.60 Å². The van der Waals surface area contributed by atoms with E-state index in [1.165, 1.54) is 17.5 Å². The maximum Gasteiger partial charge on any atom is 0.280 e. The number of aliphatic hydroxyl groups is 1. The van der Waals surface area contributed by atoms with E-state index in [9.17, 15) is 18.7 Å². The summed E-state index contributed by atoms with van der Waals surface area (Å²) in [4.78, 5) is 15.4. The molecule has 0 bridgehead atoms. The number of amides is 1. The van der Waals surface area contributed by atoms with E-state index in [-0.39, 0.29) is 38.1 Å². The first-order valence-corrected chi connectivity index (χ1v) is 6.56. The highest BCUT2D eigenvalue weighted by molar-refractivity contribution is 7.11. The molecule has 0 radical (unpaired) electrons. The van der Waals surface area contributed by atoms with Crippen molar-refractivity contribution in [2.45, 2.75) is 37.2 Å². The van der Waals surface area contributed by atoms with E-state index in [1.807, 2.05) is 0 Å². The van der Waals surface area contributed by atoms with Gasteiger partial charge in [-0.1, -0.05) is 0 Å². The van der Waals surface area contributed by atoms with Crippen LogP contribution >= 0.6 is 11.3 Å². The first kappa shape index (κ1) is 13.4. The zero-order chi connectivity index (χ0) is 13.2. The summed E-state index contributed by atoms with van der Waals surface area (Å²) in [5.41, 5.74) is -1.23. The van der Waals surface area contributed by atoms with Crippen LogP contribution in [-0.4, -0.2) is 34.1 Å². The molecule has 18 heavy (non-hydrogen) atoms. The van der Waals surface area contributed by atoms with Gasteiger partial charge in [-0.15, -0.1) is 11.3 Å². The Kier molecular flexibility index (Phi) is 3.63. The number of hydrogen-bond donors (Lipinski definition) is 2. The number of halogens is 2. The number of nitrogens with zero attached hydrogens (tertiary/aromatic N) is 1. The number of carbonyl (C=O) groups is 1. The zero-order valence-electron chi connectivity index (χ0n) is 9.66. The largest absolute Gasteiger partial charge is 0.388 e. The van der Waals surface area contributed by atoms with E-state index in [2.05, 4.69) is 10.3 Å². The Labute approximate surface area is 107 Å². The minimum Gasteiger partial charge on any atom is -0.388 e. The van der Waals surface area contributed by atoms with Crippen LogP contribution in [0.25, 0.3) is 0 Å². The van der Waals surface area contributed by atoms with Gasteiger partial charge >= 0.3 is 0 Å². The highest BCUT2D eigenvalue weighted by Crippen LogP contribution is 2.38. The normalized spacial score (nSPS) is 21.5. The Morgan fingerprint density at radius 3 is 2.67 bits per heavy atom. The monoisotopic (exact) mass is 276 g/mol. The molecule has 0 aliphatic heterocycles. The van der Waals surface area contributed by atoms with Crippen LogP contribution in [-0.2, 0) is 0 Å². The molecule has 0 unspecified atom stereocenters. The molecule has 7 heteroatoms. The van der Waals surface area contributed by atoms with Crippen molar-refractivity contribution >= 4 is 17.2 Å². The zero-order valence-corrected chi connectivity index (χ0v) is 10.5. The molecule has 1 heterocycles. The van der Waals surface area contributed by atoms with Crippen LogP contribution in [0.2, 0.25) is 0 Å². The highest BCUT2D eigenvalue weighted by atomic mass is 32.1. The number of carbonyl (C=O) groups excluding carboxylic acids is 1. The predicted molar refractivity (Wildman–Crippen MR) is 62.8 cm³/mol. The third-order valence-electron chi connectivity index (χ3n) is 3.12. The van der Waals surface area contributed by atoms with Crippen molar-refractivity contribution in [3.05, 3.63) is 16.6 Å². The van der Waals surface area contributed by atoms with Gasteiger partial charge in [-0.2, -0.15) is 0 Å². The van der Waals surface area contributed by atoms with Crippen molar-refractivity contribution in [2.75, 3.05) is 6.54 Å². The summed E-state index contributed by atoms with van der Waals surface area (Å²) in [6, 6.07) is 0. The second-order valence-electron chi connectivity index (χ2n) is 4.60. The van der Waals surface area contributed by atoms with Gasteiger partial charge in [-0.3, -0.25) is 4.79 Å². The minimum absolute atomic E-state index is 0.00184. The van der Waals surface area contributed by atoms with Crippen molar-refractivity contribution < 1.29 is 18.7 Å². The van der Waals surface area contributed by atoms with Gasteiger partial charge in [-0.25, -0.2) is 13.8 Å². The number of thiazole rings is 1. The Morgan fingerprint density at radius 1 is 1.44 bits per heavy atom. The Balaban J connectivity index is 1.85. The Bertz CT molecular complexity index is 413. The lowest BCUT2D eigenvalue weighted by Crippen LogP contribution is -2.47. The van der Waals surface area contributed by atoms with Gasteiger partial charge in [0, 0.05) is 31.0 Å². The summed E-state index contributed by atoms with van der Waals surface area (Å²) < 4.78 is 25.9. The fourth-order valence-corrected chi connectivity index (χ4v) is 2.47. The standard InChI is InChI=1S/C11H14F2N2O2S/c12-11(13)3-1-10(17,2-4-11)7-15-8(16)9-14-5-6-18-9/h5-6,17H,1-4,7H2,(H,15,16).